The van der Waals surface area contributed by atoms with Gasteiger partial charge in [0.15, 0.2) is 0 Å². The largest absolute Gasteiger partial charge is 0.388 e. The van der Waals surface area contributed by atoms with Crippen LogP contribution in [0.25, 0.3) is 0 Å². The molecule has 0 saturated carbocycles. The van der Waals surface area contributed by atoms with Crippen molar-refractivity contribution < 1.29 is 0 Å². The summed E-state index contributed by atoms with van der Waals surface area (Å²) in [6, 6.07) is 6.26. The van der Waals surface area contributed by atoms with Crippen LogP contribution in [0.2, 0.25) is 0 Å². The third kappa shape index (κ3) is 2.83. The number of nitrogens with zero attached hydrogens (tertiary/aromatic N) is 2. The molecule has 2 N–H and O–H groups in total. The Balaban J connectivity index is 1.72. The molecule has 2 aromatic heterocycles. The van der Waals surface area contributed by atoms with E-state index in [4.69, 9.17) is 18.0 Å². The van der Waals surface area contributed by atoms with Gasteiger partial charge in [-0.15, -0.1) is 11.3 Å². The number of thiophene rings is 1. The van der Waals surface area contributed by atoms with E-state index in [0.29, 0.717) is 10.7 Å². The predicted molar refractivity (Wildman–Crippen MR) is 82.3 cm³/mol. The van der Waals surface area contributed by atoms with Crippen LogP contribution < -0.4 is 5.73 Å². The standard InChI is InChI=1S/C14H15N3S2/c15-14(18)12-7-10(1-4-16-12)8-17-5-2-13-11(9-17)3-6-19-13/h1,3-4,6-7H,2,5,8-9H2,(H2,15,18). The Morgan fingerprint density at radius 2 is 2.37 bits per heavy atom. The first-order valence-corrected chi connectivity index (χ1v) is 7.53. The number of hydrogen-bond acceptors (Lipinski definition) is 4. The number of nitrogens with two attached hydrogens (primary N) is 1. The summed E-state index contributed by atoms with van der Waals surface area (Å²) in [5, 5.41) is 2.19. The fraction of sp³-hybridized carbons (Fsp3) is 0.286. The van der Waals surface area contributed by atoms with Crippen molar-refractivity contribution in [1.29, 1.82) is 0 Å². The van der Waals surface area contributed by atoms with Crippen molar-refractivity contribution in [1.82, 2.24) is 9.88 Å². The molecule has 0 aliphatic carbocycles. The molecule has 0 amide bonds. The Morgan fingerprint density at radius 1 is 1.47 bits per heavy atom. The zero-order valence-corrected chi connectivity index (χ0v) is 12.1. The van der Waals surface area contributed by atoms with Gasteiger partial charge in [0.05, 0.1) is 5.69 Å². The third-order valence-electron chi connectivity index (χ3n) is 3.37. The summed E-state index contributed by atoms with van der Waals surface area (Å²) in [7, 11) is 0. The summed E-state index contributed by atoms with van der Waals surface area (Å²) in [6.07, 6.45) is 2.93. The van der Waals surface area contributed by atoms with E-state index in [1.54, 1.807) is 6.20 Å². The quantitative estimate of drug-likeness (QED) is 0.881. The lowest BCUT2D eigenvalue weighted by atomic mass is 10.1. The molecule has 0 fully saturated rings. The second kappa shape index (κ2) is 5.36. The first-order valence-electron chi connectivity index (χ1n) is 6.25. The van der Waals surface area contributed by atoms with Gasteiger partial charge in [-0.25, -0.2) is 0 Å². The van der Waals surface area contributed by atoms with Crippen LogP contribution in [0.15, 0.2) is 29.8 Å². The van der Waals surface area contributed by atoms with Gasteiger partial charge in [0, 0.05) is 30.7 Å². The lowest BCUT2D eigenvalue weighted by molar-refractivity contribution is 0.247. The van der Waals surface area contributed by atoms with Gasteiger partial charge in [0.2, 0.25) is 0 Å². The van der Waals surface area contributed by atoms with Crippen LogP contribution in [0.1, 0.15) is 21.7 Å². The Kier molecular flexibility index (Phi) is 3.59. The molecule has 3 heterocycles. The molecule has 2 aromatic rings. The van der Waals surface area contributed by atoms with Gasteiger partial charge in [-0.05, 0) is 41.1 Å². The Hall–Kier alpha value is -1.30. The average molecular weight is 289 g/mol. The number of fused-ring (bicyclic) bond motifs is 1. The van der Waals surface area contributed by atoms with E-state index in [1.807, 2.05) is 23.5 Å². The van der Waals surface area contributed by atoms with Gasteiger partial charge in [-0.2, -0.15) is 0 Å². The van der Waals surface area contributed by atoms with Crippen LogP contribution in [0.3, 0.4) is 0 Å². The van der Waals surface area contributed by atoms with Gasteiger partial charge in [0.25, 0.3) is 0 Å². The van der Waals surface area contributed by atoms with Crippen molar-refractivity contribution in [2.24, 2.45) is 5.73 Å². The van der Waals surface area contributed by atoms with Crippen LogP contribution in [-0.2, 0) is 19.5 Å². The van der Waals surface area contributed by atoms with Crippen molar-refractivity contribution in [2.45, 2.75) is 19.5 Å². The molecular formula is C14H15N3S2. The van der Waals surface area contributed by atoms with E-state index in [1.165, 1.54) is 16.0 Å². The number of thiocarbonyl (C=S) groups is 1. The molecular weight excluding hydrogens is 274 g/mol. The summed E-state index contributed by atoms with van der Waals surface area (Å²) < 4.78 is 0. The molecule has 0 unspecified atom stereocenters. The average Bonchev–Trinajstić information content (AvgIpc) is 2.86. The van der Waals surface area contributed by atoms with E-state index >= 15 is 0 Å². The summed E-state index contributed by atoms with van der Waals surface area (Å²) in [6.45, 7) is 3.06. The SMILES string of the molecule is NC(=S)c1cc(CN2CCc3sccc3C2)ccn1. The second-order valence-electron chi connectivity index (χ2n) is 4.74. The van der Waals surface area contributed by atoms with Crippen LogP contribution in [-0.4, -0.2) is 21.4 Å². The van der Waals surface area contributed by atoms with E-state index in [0.717, 1.165) is 26.1 Å². The third-order valence-corrected chi connectivity index (χ3v) is 4.60. The molecule has 5 heteroatoms. The smallest absolute Gasteiger partial charge is 0.122 e. The van der Waals surface area contributed by atoms with Crippen molar-refractivity contribution in [3.63, 3.8) is 0 Å². The predicted octanol–water partition coefficient (Wildman–Crippen LogP) is 2.34. The van der Waals surface area contributed by atoms with Crippen molar-refractivity contribution in [2.75, 3.05) is 6.54 Å². The topological polar surface area (TPSA) is 42.1 Å². The number of hydrogen-bond donors (Lipinski definition) is 1. The molecule has 0 bridgehead atoms. The molecule has 0 saturated heterocycles. The zero-order chi connectivity index (χ0) is 13.2. The number of rotatable bonds is 3. The molecule has 0 atom stereocenters. The second-order valence-corrected chi connectivity index (χ2v) is 6.18. The Labute approximate surface area is 122 Å². The maximum absolute atomic E-state index is 5.62. The van der Waals surface area contributed by atoms with Gasteiger partial charge in [0.1, 0.15) is 4.99 Å². The molecule has 98 valence electrons. The number of pyridine rings is 1. The Morgan fingerprint density at radius 3 is 3.21 bits per heavy atom. The van der Waals surface area contributed by atoms with Gasteiger partial charge in [-0.1, -0.05) is 12.2 Å². The van der Waals surface area contributed by atoms with Crippen LogP contribution in [0, 0.1) is 0 Å². The van der Waals surface area contributed by atoms with E-state index < -0.39 is 0 Å². The lowest BCUT2D eigenvalue weighted by Crippen LogP contribution is -2.29. The summed E-state index contributed by atoms with van der Waals surface area (Å²) >= 11 is 6.84. The monoisotopic (exact) mass is 289 g/mol. The van der Waals surface area contributed by atoms with Gasteiger partial charge in [-0.3, -0.25) is 9.88 Å². The van der Waals surface area contributed by atoms with Gasteiger partial charge < -0.3 is 5.73 Å². The van der Waals surface area contributed by atoms with E-state index in [2.05, 4.69) is 21.3 Å². The van der Waals surface area contributed by atoms with Crippen LogP contribution in [0.5, 0.6) is 0 Å². The van der Waals surface area contributed by atoms with Crippen LogP contribution >= 0.6 is 23.6 Å². The first-order chi connectivity index (χ1) is 9.22. The highest BCUT2D eigenvalue weighted by molar-refractivity contribution is 7.80. The normalized spacial score (nSPS) is 15.2. The minimum absolute atomic E-state index is 0.362. The highest BCUT2D eigenvalue weighted by Gasteiger charge is 2.17. The van der Waals surface area contributed by atoms with Crippen LogP contribution in [0.4, 0.5) is 0 Å². The number of aromatic nitrogens is 1. The highest BCUT2D eigenvalue weighted by atomic mass is 32.1. The molecule has 1 aliphatic heterocycles. The molecule has 0 radical (unpaired) electrons. The molecule has 1 aliphatic rings. The van der Waals surface area contributed by atoms with Crippen molar-refractivity contribution in [3.05, 3.63) is 51.5 Å². The molecule has 0 aromatic carbocycles. The fourth-order valence-electron chi connectivity index (χ4n) is 2.41. The maximum Gasteiger partial charge on any atom is 0.122 e. The first kappa shape index (κ1) is 12.7. The molecule has 3 rings (SSSR count). The fourth-order valence-corrected chi connectivity index (χ4v) is 3.41. The summed E-state index contributed by atoms with van der Waals surface area (Å²) in [5.74, 6) is 0. The molecule has 3 nitrogen and oxygen atoms in total. The Bertz CT molecular complexity index is 606. The minimum Gasteiger partial charge on any atom is -0.388 e. The van der Waals surface area contributed by atoms with E-state index in [-0.39, 0.29) is 0 Å². The maximum atomic E-state index is 5.62. The van der Waals surface area contributed by atoms with Crippen molar-refractivity contribution >= 4 is 28.5 Å². The highest BCUT2D eigenvalue weighted by Crippen LogP contribution is 2.24. The van der Waals surface area contributed by atoms with Crippen molar-refractivity contribution in [3.8, 4) is 0 Å². The lowest BCUT2D eigenvalue weighted by Gasteiger charge is -2.26. The molecule has 19 heavy (non-hydrogen) atoms. The minimum atomic E-state index is 0.362. The van der Waals surface area contributed by atoms with E-state index in [9.17, 15) is 0 Å². The summed E-state index contributed by atoms with van der Waals surface area (Å²) in [5.41, 5.74) is 9.02. The van der Waals surface area contributed by atoms with Gasteiger partial charge >= 0.3 is 0 Å². The molecule has 0 spiro atoms. The zero-order valence-electron chi connectivity index (χ0n) is 10.5. The summed E-state index contributed by atoms with van der Waals surface area (Å²) in [4.78, 5) is 8.53.